The molecule has 1 unspecified atom stereocenters. The summed E-state index contributed by atoms with van der Waals surface area (Å²) in [7, 11) is 3.50. The molecule has 1 fully saturated rings. The topological polar surface area (TPSA) is 101 Å². The van der Waals surface area contributed by atoms with Crippen molar-refractivity contribution in [2.75, 3.05) is 38.6 Å². The van der Waals surface area contributed by atoms with Crippen LogP contribution in [0.4, 0.5) is 10.5 Å². The van der Waals surface area contributed by atoms with Crippen LogP contribution >= 0.6 is 12.4 Å². The summed E-state index contributed by atoms with van der Waals surface area (Å²) in [6.07, 6.45) is 3.62. The quantitative estimate of drug-likeness (QED) is 0.686. The maximum atomic E-state index is 12.3. The number of nitrogens with one attached hydrogen (secondary N) is 3. The number of piperazine rings is 1. The summed E-state index contributed by atoms with van der Waals surface area (Å²) in [6.45, 7) is 2.31. The third-order valence-electron chi connectivity index (χ3n) is 4.46. The fraction of sp³-hybridized carbons (Fsp3) is 0.389. The lowest BCUT2D eigenvalue weighted by Crippen LogP contribution is -2.51. The second kappa shape index (κ2) is 10.1. The van der Waals surface area contributed by atoms with E-state index < -0.39 is 6.03 Å². The minimum absolute atomic E-state index is 0. The fourth-order valence-corrected chi connectivity index (χ4v) is 3.08. The Hall–Kier alpha value is -2.62. The zero-order chi connectivity index (χ0) is 19.2. The predicted molar refractivity (Wildman–Crippen MR) is 108 cm³/mol. The van der Waals surface area contributed by atoms with Crippen LogP contribution in [-0.2, 0) is 11.8 Å². The van der Waals surface area contributed by atoms with Gasteiger partial charge >= 0.3 is 6.03 Å². The standard InChI is InChI=1S/C18H24N6O3.ClH/c1-23-9-8-20-17(23)15-11-19-7-10-24(15)12-16(25)22-18(26)21-13-3-5-14(27-2)6-4-13;/h3-6,8-9,15,19H,7,10-12H2,1-2H3,(H2,21,22,25,26);1H. The summed E-state index contributed by atoms with van der Waals surface area (Å²) in [6, 6.07) is 6.29. The molecule has 3 rings (SSSR count). The molecule has 0 saturated carbocycles. The Bertz CT molecular complexity index is 795. The maximum absolute atomic E-state index is 12.3. The first kappa shape index (κ1) is 21.7. The molecule has 1 aromatic heterocycles. The van der Waals surface area contributed by atoms with Gasteiger partial charge in [0.2, 0.25) is 5.91 Å². The molecule has 152 valence electrons. The van der Waals surface area contributed by atoms with Crippen LogP contribution in [0.3, 0.4) is 0 Å². The smallest absolute Gasteiger partial charge is 0.325 e. The number of ether oxygens (including phenoxy) is 1. The molecule has 0 radical (unpaired) electrons. The Kier molecular flexibility index (Phi) is 7.80. The van der Waals surface area contributed by atoms with E-state index in [9.17, 15) is 9.59 Å². The van der Waals surface area contributed by atoms with Gasteiger partial charge in [0, 0.05) is 44.8 Å². The molecule has 1 saturated heterocycles. The van der Waals surface area contributed by atoms with Crippen LogP contribution in [0, 0.1) is 0 Å². The number of benzene rings is 1. The number of amides is 3. The zero-order valence-corrected chi connectivity index (χ0v) is 16.7. The van der Waals surface area contributed by atoms with Gasteiger partial charge in [-0.2, -0.15) is 0 Å². The van der Waals surface area contributed by atoms with Crippen molar-refractivity contribution in [2.24, 2.45) is 7.05 Å². The van der Waals surface area contributed by atoms with Gasteiger partial charge in [0.25, 0.3) is 0 Å². The number of anilines is 1. The highest BCUT2D eigenvalue weighted by molar-refractivity contribution is 6.01. The highest BCUT2D eigenvalue weighted by Gasteiger charge is 2.28. The summed E-state index contributed by atoms with van der Waals surface area (Å²) in [5, 5.41) is 8.33. The van der Waals surface area contributed by atoms with Crippen LogP contribution in [0.25, 0.3) is 0 Å². The van der Waals surface area contributed by atoms with Gasteiger partial charge in [-0.3, -0.25) is 15.0 Å². The number of imidazole rings is 1. The fourth-order valence-electron chi connectivity index (χ4n) is 3.08. The molecular weight excluding hydrogens is 384 g/mol. The van der Waals surface area contributed by atoms with Crippen molar-refractivity contribution < 1.29 is 14.3 Å². The molecule has 0 aliphatic carbocycles. The number of aryl methyl sites for hydroxylation is 1. The van der Waals surface area contributed by atoms with Crippen molar-refractivity contribution in [3.05, 3.63) is 42.5 Å². The van der Waals surface area contributed by atoms with Crippen molar-refractivity contribution in [1.29, 1.82) is 0 Å². The third-order valence-corrected chi connectivity index (χ3v) is 4.46. The van der Waals surface area contributed by atoms with E-state index >= 15 is 0 Å². The van der Waals surface area contributed by atoms with Crippen LogP contribution in [0.1, 0.15) is 11.9 Å². The van der Waals surface area contributed by atoms with Gasteiger partial charge in [0.05, 0.1) is 19.7 Å². The number of hydrogen-bond donors (Lipinski definition) is 3. The average Bonchev–Trinajstić information content (AvgIpc) is 3.08. The molecule has 3 N–H and O–H groups in total. The van der Waals surface area contributed by atoms with Crippen molar-refractivity contribution in [3.63, 3.8) is 0 Å². The molecule has 0 spiro atoms. The number of urea groups is 1. The van der Waals surface area contributed by atoms with Crippen molar-refractivity contribution >= 4 is 30.0 Å². The summed E-state index contributed by atoms with van der Waals surface area (Å²) in [5.74, 6) is 1.22. The van der Waals surface area contributed by atoms with E-state index in [1.54, 1.807) is 37.6 Å². The van der Waals surface area contributed by atoms with Gasteiger partial charge in [0.1, 0.15) is 11.6 Å². The maximum Gasteiger partial charge on any atom is 0.325 e. The molecule has 1 atom stereocenters. The van der Waals surface area contributed by atoms with Crippen LogP contribution in [0.2, 0.25) is 0 Å². The summed E-state index contributed by atoms with van der Waals surface area (Å²) >= 11 is 0. The van der Waals surface area contributed by atoms with E-state index in [0.717, 1.165) is 12.4 Å². The minimum atomic E-state index is -0.561. The highest BCUT2D eigenvalue weighted by Crippen LogP contribution is 2.20. The Balaban J connectivity index is 0.00000280. The number of carbonyl (C=O) groups excluding carboxylic acids is 2. The van der Waals surface area contributed by atoms with Crippen molar-refractivity contribution in [1.82, 2.24) is 25.1 Å². The molecule has 0 bridgehead atoms. The molecule has 2 aromatic rings. The van der Waals surface area contributed by atoms with Crippen molar-refractivity contribution in [2.45, 2.75) is 6.04 Å². The molecule has 3 amide bonds. The summed E-state index contributed by atoms with van der Waals surface area (Å²) < 4.78 is 7.02. The van der Waals surface area contributed by atoms with Gasteiger partial charge < -0.3 is 19.9 Å². The van der Waals surface area contributed by atoms with Gasteiger partial charge in [-0.1, -0.05) is 0 Å². The third kappa shape index (κ3) is 5.44. The Morgan fingerprint density at radius 2 is 2.07 bits per heavy atom. The number of rotatable bonds is 5. The largest absolute Gasteiger partial charge is 0.497 e. The number of imide groups is 1. The van der Waals surface area contributed by atoms with E-state index in [0.29, 0.717) is 24.5 Å². The summed E-state index contributed by atoms with van der Waals surface area (Å²) in [5.41, 5.74) is 0.578. The zero-order valence-electron chi connectivity index (χ0n) is 15.8. The Morgan fingerprint density at radius 1 is 1.32 bits per heavy atom. The van der Waals surface area contributed by atoms with Crippen molar-refractivity contribution in [3.8, 4) is 5.75 Å². The number of hydrogen-bond acceptors (Lipinski definition) is 6. The second-order valence-corrected chi connectivity index (χ2v) is 6.32. The molecule has 1 aliphatic heterocycles. The summed E-state index contributed by atoms with van der Waals surface area (Å²) in [4.78, 5) is 30.8. The number of methoxy groups -OCH3 is 1. The normalized spacial score (nSPS) is 16.7. The van der Waals surface area contributed by atoms with Crippen LogP contribution in [0.15, 0.2) is 36.7 Å². The number of aromatic nitrogens is 2. The molecule has 28 heavy (non-hydrogen) atoms. The van der Waals surface area contributed by atoms with E-state index in [1.807, 2.05) is 22.7 Å². The Morgan fingerprint density at radius 3 is 2.71 bits per heavy atom. The van der Waals surface area contributed by atoms with E-state index in [-0.39, 0.29) is 30.9 Å². The lowest BCUT2D eigenvalue weighted by Gasteiger charge is -2.35. The molecule has 2 heterocycles. The Labute approximate surface area is 169 Å². The van der Waals surface area contributed by atoms with E-state index in [4.69, 9.17) is 4.74 Å². The minimum Gasteiger partial charge on any atom is -0.497 e. The molecular formula is C18H25ClN6O3. The van der Waals surface area contributed by atoms with Gasteiger partial charge in [-0.05, 0) is 24.3 Å². The number of halogens is 1. The van der Waals surface area contributed by atoms with Crippen LogP contribution in [-0.4, -0.2) is 59.7 Å². The SMILES string of the molecule is COc1ccc(NC(=O)NC(=O)CN2CCNCC2c2nccn2C)cc1.Cl. The lowest BCUT2D eigenvalue weighted by atomic mass is 10.1. The van der Waals surface area contributed by atoms with Gasteiger partial charge in [0.15, 0.2) is 0 Å². The lowest BCUT2D eigenvalue weighted by molar-refractivity contribution is -0.121. The number of carbonyl (C=O) groups is 2. The van der Waals surface area contributed by atoms with Crippen LogP contribution in [0.5, 0.6) is 5.75 Å². The van der Waals surface area contributed by atoms with Gasteiger partial charge in [-0.25, -0.2) is 9.78 Å². The van der Waals surface area contributed by atoms with Crippen LogP contribution < -0.4 is 20.7 Å². The first-order valence-corrected chi connectivity index (χ1v) is 8.73. The first-order valence-electron chi connectivity index (χ1n) is 8.73. The number of nitrogens with zero attached hydrogens (tertiary/aromatic N) is 3. The predicted octanol–water partition coefficient (Wildman–Crippen LogP) is 1.15. The highest BCUT2D eigenvalue weighted by atomic mass is 35.5. The average molecular weight is 409 g/mol. The molecule has 1 aromatic carbocycles. The van der Waals surface area contributed by atoms with Gasteiger partial charge in [-0.15, -0.1) is 12.4 Å². The van der Waals surface area contributed by atoms with E-state index in [2.05, 4.69) is 20.9 Å². The second-order valence-electron chi connectivity index (χ2n) is 6.32. The van der Waals surface area contributed by atoms with E-state index in [1.165, 1.54) is 0 Å². The monoisotopic (exact) mass is 408 g/mol. The molecule has 10 heteroatoms. The molecule has 1 aliphatic rings. The first-order chi connectivity index (χ1) is 13.1. The molecule has 9 nitrogen and oxygen atoms in total.